The van der Waals surface area contributed by atoms with Crippen molar-refractivity contribution in [3.05, 3.63) is 96.8 Å². The topological polar surface area (TPSA) is 73.2 Å². The van der Waals surface area contributed by atoms with Gasteiger partial charge in [-0.25, -0.2) is 0 Å². The van der Waals surface area contributed by atoms with Crippen molar-refractivity contribution in [1.82, 2.24) is 4.98 Å². The Kier molecular flexibility index (Phi) is 4.74. The van der Waals surface area contributed by atoms with Gasteiger partial charge in [0.1, 0.15) is 5.71 Å². The quantitative estimate of drug-likeness (QED) is 0.594. The summed E-state index contributed by atoms with van der Waals surface area (Å²) in [7, 11) is 0. The predicted octanol–water partition coefficient (Wildman–Crippen LogP) is 4.45. The molecule has 0 saturated heterocycles. The maximum atomic E-state index is 8.66. The summed E-state index contributed by atoms with van der Waals surface area (Å²) in [5.41, 5.74) is 7.79. The van der Waals surface area contributed by atoms with Crippen LogP contribution in [0.5, 0.6) is 0 Å². The Morgan fingerprint density at radius 1 is 0.852 bits per heavy atom. The first-order valence-corrected chi connectivity index (χ1v) is 8.73. The summed E-state index contributed by atoms with van der Waals surface area (Å²) >= 11 is 0. The highest BCUT2D eigenvalue weighted by Crippen LogP contribution is 2.26. The fourth-order valence-corrected chi connectivity index (χ4v) is 2.97. The smallest absolute Gasteiger partial charge is 0.114 e. The molecule has 0 radical (unpaired) electrons. The number of nitrogens with zero attached hydrogens (tertiary/aromatic N) is 2. The summed E-state index contributed by atoms with van der Waals surface area (Å²) in [6, 6.07) is 23.4. The molecule has 1 heterocycles. The molecular formula is C22H19N5. The van der Waals surface area contributed by atoms with Crippen LogP contribution in [0.2, 0.25) is 0 Å². The maximum Gasteiger partial charge on any atom is 0.114 e. The summed E-state index contributed by atoms with van der Waals surface area (Å²) in [5.74, 6) is 0. The fraction of sp³-hybridized carbons (Fsp3) is 0.0455. The first kappa shape index (κ1) is 16.7. The molecule has 0 saturated carbocycles. The van der Waals surface area contributed by atoms with Crippen molar-refractivity contribution in [3.63, 3.8) is 0 Å². The Hall–Kier alpha value is -3.73. The molecular weight excluding hydrogens is 334 g/mol. The molecule has 4 rings (SSSR count). The number of pyridine rings is 1. The molecule has 2 aromatic carbocycles. The van der Waals surface area contributed by atoms with Crippen LogP contribution in [0.25, 0.3) is 5.57 Å². The van der Waals surface area contributed by atoms with E-state index in [2.05, 4.69) is 26.9 Å². The van der Waals surface area contributed by atoms with E-state index in [1.807, 2.05) is 72.8 Å². The van der Waals surface area contributed by atoms with Gasteiger partial charge in [0.05, 0.1) is 23.6 Å². The molecule has 1 aromatic heterocycles. The molecule has 5 heteroatoms. The number of allylic oxidation sites excluding steroid dienone is 1. The lowest BCUT2D eigenvalue weighted by Gasteiger charge is -2.13. The van der Waals surface area contributed by atoms with Crippen LogP contribution in [0.4, 0.5) is 11.4 Å². The predicted molar refractivity (Wildman–Crippen MR) is 111 cm³/mol. The van der Waals surface area contributed by atoms with Gasteiger partial charge in [0, 0.05) is 17.5 Å². The SMILES string of the molecule is N=C1/C(=N\Nc2cccnc2)C(c2ccccc2)=CC1Nc1ccccc1. The Morgan fingerprint density at radius 3 is 2.26 bits per heavy atom. The number of hydrogen-bond acceptors (Lipinski definition) is 5. The Morgan fingerprint density at radius 2 is 1.56 bits per heavy atom. The van der Waals surface area contributed by atoms with Gasteiger partial charge in [0.2, 0.25) is 0 Å². The van der Waals surface area contributed by atoms with E-state index in [4.69, 9.17) is 5.41 Å². The molecule has 5 nitrogen and oxygen atoms in total. The van der Waals surface area contributed by atoms with Gasteiger partial charge in [-0.05, 0) is 35.9 Å². The normalized spacial score (nSPS) is 17.6. The molecule has 3 N–H and O–H groups in total. The molecule has 3 aromatic rings. The number of hydrogen-bond donors (Lipinski definition) is 3. The highest BCUT2D eigenvalue weighted by atomic mass is 15.3. The van der Waals surface area contributed by atoms with E-state index in [1.165, 1.54) is 0 Å². The van der Waals surface area contributed by atoms with E-state index in [0.717, 1.165) is 22.5 Å². The lowest BCUT2D eigenvalue weighted by atomic mass is 10.0. The Bertz CT molecular complexity index is 979. The first-order valence-electron chi connectivity index (χ1n) is 8.73. The van der Waals surface area contributed by atoms with Crippen molar-refractivity contribution in [2.24, 2.45) is 5.10 Å². The molecule has 0 amide bonds. The number of rotatable bonds is 5. The zero-order valence-electron chi connectivity index (χ0n) is 14.6. The number of aromatic nitrogens is 1. The standard InChI is InChI=1S/C22H19N5/c23-21-20(25-17-10-5-2-6-11-17)14-19(16-8-3-1-4-9-16)22(21)27-26-18-12-7-13-24-15-18/h1-15,20,23,25-26H/b23-21?,27-22-. The number of anilines is 2. The number of para-hydroxylation sites is 1. The molecule has 0 spiro atoms. The van der Waals surface area contributed by atoms with Crippen LogP contribution in [0.15, 0.2) is 96.4 Å². The van der Waals surface area contributed by atoms with Crippen LogP contribution in [0.1, 0.15) is 5.56 Å². The Balaban J connectivity index is 1.66. The molecule has 1 atom stereocenters. The van der Waals surface area contributed by atoms with Gasteiger partial charge in [-0.3, -0.25) is 10.4 Å². The monoisotopic (exact) mass is 353 g/mol. The molecule has 1 unspecified atom stereocenters. The van der Waals surface area contributed by atoms with Crippen LogP contribution in [-0.2, 0) is 0 Å². The van der Waals surface area contributed by atoms with Gasteiger partial charge in [-0.1, -0.05) is 48.5 Å². The van der Waals surface area contributed by atoms with Gasteiger partial charge in [0.15, 0.2) is 0 Å². The van der Waals surface area contributed by atoms with Crippen LogP contribution in [0, 0.1) is 5.41 Å². The minimum atomic E-state index is -0.239. The summed E-state index contributed by atoms with van der Waals surface area (Å²) in [6.45, 7) is 0. The largest absolute Gasteiger partial charge is 0.373 e. The third-order valence-electron chi connectivity index (χ3n) is 4.29. The average molecular weight is 353 g/mol. The zero-order valence-corrected chi connectivity index (χ0v) is 14.6. The second kappa shape index (κ2) is 7.66. The number of hydrazone groups is 1. The van der Waals surface area contributed by atoms with E-state index in [1.54, 1.807) is 12.4 Å². The molecule has 0 fully saturated rings. The summed E-state index contributed by atoms with van der Waals surface area (Å²) < 4.78 is 0. The van der Waals surface area contributed by atoms with Gasteiger partial charge < -0.3 is 10.7 Å². The Labute approximate surface area is 158 Å². The van der Waals surface area contributed by atoms with E-state index in [-0.39, 0.29) is 6.04 Å². The minimum Gasteiger partial charge on any atom is -0.373 e. The lowest BCUT2D eigenvalue weighted by molar-refractivity contribution is 1.17. The highest BCUT2D eigenvalue weighted by Gasteiger charge is 2.29. The van der Waals surface area contributed by atoms with Crippen LogP contribution >= 0.6 is 0 Å². The van der Waals surface area contributed by atoms with Crippen LogP contribution in [0.3, 0.4) is 0 Å². The van der Waals surface area contributed by atoms with E-state index >= 15 is 0 Å². The first-order chi connectivity index (χ1) is 13.3. The highest BCUT2D eigenvalue weighted by molar-refractivity contribution is 6.62. The van der Waals surface area contributed by atoms with Crippen LogP contribution in [-0.4, -0.2) is 22.4 Å². The van der Waals surface area contributed by atoms with Crippen molar-refractivity contribution in [3.8, 4) is 0 Å². The second-order valence-corrected chi connectivity index (χ2v) is 6.16. The van der Waals surface area contributed by atoms with Gasteiger partial charge >= 0.3 is 0 Å². The van der Waals surface area contributed by atoms with Crippen molar-refractivity contribution < 1.29 is 0 Å². The van der Waals surface area contributed by atoms with Crippen molar-refractivity contribution in [2.45, 2.75) is 6.04 Å². The van der Waals surface area contributed by atoms with Crippen molar-refractivity contribution >= 4 is 28.4 Å². The van der Waals surface area contributed by atoms with E-state index < -0.39 is 0 Å². The van der Waals surface area contributed by atoms with Crippen molar-refractivity contribution in [2.75, 3.05) is 10.7 Å². The molecule has 132 valence electrons. The van der Waals surface area contributed by atoms with Crippen molar-refractivity contribution in [1.29, 1.82) is 5.41 Å². The van der Waals surface area contributed by atoms with E-state index in [9.17, 15) is 0 Å². The molecule has 0 aliphatic heterocycles. The minimum absolute atomic E-state index is 0.239. The molecule has 27 heavy (non-hydrogen) atoms. The maximum absolute atomic E-state index is 8.66. The summed E-state index contributed by atoms with van der Waals surface area (Å²) in [5, 5.41) is 16.6. The van der Waals surface area contributed by atoms with Gasteiger partial charge in [-0.15, -0.1) is 0 Å². The summed E-state index contributed by atoms with van der Waals surface area (Å²) in [4.78, 5) is 4.08. The lowest BCUT2D eigenvalue weighted by Crippen LogP contribution is -2.28. The average Bonchev–Trinajstić information content (AvgIpc) is 3.04. The summed E-state index contributed by atoms with van der Waals surface area (Å²) in [6.07, 6.45) is 5.47. The third-order valence-corrected chi connectivity index (χ3v) is 4.29. The fourth-order valence-electron chi connectivity index (χ4n) is 2.97. The van der Waals surface area contributed by atoms with Gasteiger partial charge in [0.25, 0.3) is 0 Å². The third kappa shape index (κ3) is 3.77. The second-order valence-electron chi connectivity index (χ2n) is 6.16. The molecule has 1 aliphatic rings. The molecule has 0 bridgehead atoms. The number of benzene rings is 2. The van der Waals surface area contributed by atoms with Gasteiger partial charge in [-0.2, -0.15) is 5.10 Å². The number of nitrogens with one attached hydrogen (secondary N) is 3. The molecule has 1 aliphatic carbocycles. The van der Waals surface area contributed by atoms with E-state index in [0.29, 0.717) is 11.4 Å². The van der Waals surface area contributed by atoms with Crippen LogP contribution < -0.4 is 10.7 Å². The zero-order chi connectivity index (χ0) is 18.5.